The van der Waals surface area contributed by atoms with E-state index in [1.807, 2.05) is 48.5 Å². The van der Waals surface area contributed by atoms with Gasteiger partial charge in [-0.15, -0.1) is 11.8 Å². The van der Waals surface area contributed by atoms with Gasteiger partial charge in [0.25, 0.3) is 0 Å². The van der Waals surface area contributed by atoms with Crippen LogP contribution in [0.5, 0.6) is 0 Å². The van der Waals surface area contributed by atoms with Gasteiger partial charge >= 0.3 is 5.97 Å². The van der Waals surface area contributed by atoms with E-state index in [4.69, 9.17) is 4.74 Å². The maximum Gasteiger partial charge on any atom is 0.306 e. The number of hydrogen-bond acceptors (Lipinski definition) is 4. The first-order valence-electron chi connectivity index (χ1n) is 8.64. The number of thioether (sulfide) groups is 1. The summed E-state index contributed by atoms with van der Waals surface area (Å²) < 4.78 is 5.11. The van der Waals surface area contributed by atoms with Crippen LogP contribution >= 0.6 is 11.8 Å². The molecule has 3 atom stereocenters. The van der Waals surface area contributed by atoms with Crippen LogP contribution in [-0.2, 0) is 9.53 Å². The Balaban J connectivity index is 1.81. The number of Topliss-reactive ketones (excluding diaryl/α,β-unsaturated/α-hetero) is 1. The number of hydrogen-bond donors (Lipinski definition) is 0. The van der Waals surface area contributed by atoms with Crippen LogP contribution in [0.3, 0.4) is 0 Å². The Morgan fingerprint density at radius 2 is 1.68 bits per heavy atom. The van der Waals surface area contributed by atoms with Gasteiger partial charge in [-0.2, -0.15) is 0 Å². The summed E-state index contributed by atoms with van der Waals surface area (Å²) in [6, 6.07) is 19.6. The van der Waals surface area contributed by atoms with Crippen LogP contribution in [0.15, 0.2) is 60.7 Å². The van der Waals surface area contributed by atoms with Crippen LogP contribution in [0.1, 0.15) is 40.9 Å². The standard InChI is InChI=1S/C21H22O3S/c1-2-24-20(22)14-19-17(21(23)16-11-7-4-8-12-16)13-18(25-19)15-9-5-3-6-10-15/h3-12,17-19H,2,13-14H2,1H3/t17-,18+,19+/m1/s1. The van der Waals surface area contributed by atoms with Crippen molar-refractivity contribution in [2.75, 3.05) is 6.61 Å². The molecule has 0 amide bonds. The molecule has 4 heteroatoms. The molecule has 0 bridgehead atoms. The summed E-state index contributed by atoms with van der Waals surface area (Å²) >= 11 is 1.73. The molecule has 2 aromatic rings. The molecule has 0 saturated carbocycles. The molecular weight excluding hydrogens is 332 g/mol. The molecule has 0 radical (unpaired) electrons. The molecule has 1 heterocycles. The van der Waals surface area contributed by atoms with Crippen molar-refractivity contribution in [3.05, 3.63) is 71.8 Å². The number of carbonyl (C=O) groups is 2. The third-order valence-corrected chi connectivity index (χ3v) is 6.13. The van der Waals surface area contributed by atoms with Gasteiger partial charge in [0.05, 0.1) is 13.0 Å². The Morgan fingerprint density at radius 3 is 2.32 bits per heavy atom. The Labute approximate surface area is 152 Å². The molecule has 1 fully saturated rings. The van der Waals surface area contributed by atoms with E-state index in [1.54, 1.807) is 18.7 Å². The molecule has 0 aromatic heterocycles. The summed E-state index contributed by atoms with van der Waals surface area (Å²) in [7, 11) is 0. The first kappa shape index (κ1) is 17.7. The lowest BCUT2D eigenvalue weighted by molar-refractivity contribution is -0.143. The van der Waals surface area contributed by atoms with Gasteiger partial charge in [-0.05, 0) is 18.9 Å². The minimum Gasteiger partial charge on any atom is -0.466 e. The van der Waals surface area contributed by atoms with E-state index >= 15 is 0 Å². The minimum atomic E-state index is -0.223. The molecule has 0 aliphatic carbocycles. The lowest BCUT2D eigenvalue weighted by atomic mass is 9.88. The zero-order valence-electron chi connectivity index (χ0n) is 14.3. The Bertz CT molecular complexity index is 714. The van der Waals surface area contributed by atoms with Crippen molar-refractivity contribution in [1.82, 2.24) is 0 Å². The van der Waals surface area contributed by atoms with E-state index in [2.05, 4.69) is 12.1 Å². The van der Waals surface area contributed by atoms with Crippen LogP contribution in [0.4, 0.5) is 0 Å². The number of esters is 1. The molecule has 2 aromatic carbocycles. The molecule has 1 saturated heterocycles. The summed E-state index contributed by atoms with van der Waals surface area (Å²) in [5, 5.41) is 0.190. The summed E-state index contributed by atoms with van der Waals surface area (Å²) in [5.41, 5.74) is 1.93. The fourth-order valence-corrected chi connectivity index (χ4v) is 5.00. The van der Waals surface area contributed by atoms with Crippen LogP contribution < -0.4 is 0 Å². The van der Waals surface area contributed by atoms with Crippen LogP contribution in [0.2, 0.25) is 0 Å². The summed E-state index contributed by atoms with van der Waals surface area (Å²) in [6.45, 7) is 2.18. The largest absolute Gasteiger partial charge is 0.466 e. The van der Waals surface area contributed by atoms with Crippen molar-refractivity contribution in [2.24, 2.45) is 5.92 Å². The molecule has 1 aliphatic rings. The molecule has 0 unspecified atom stereocenters. The number of rotatable bonds is 6. The van der Waals surface area contributed by atoms with Crippen molar-refractivity contribution in [2.45, 2.75) is 30.3 Å². The first-order valence-corrected chi connectivity index (χ1v) is 9.58. The zero-order valence-corrected chi connectivity index (χ0v) is 15.1. The van der Waals surface area contributed by atoms with Crippen LogP contribution in [0, 0.1) is 5.92 Å². The van der Waals surface area contributed by atoms with Gasteiger partial charge in [-0.3, -0.25) is 9.59 Å². The fraction of sp³-hybridized carbons (Fsp3) is 0.333. The minimum absolute atomic E-state index is 0.0445. The number of ether oxygens (including phenoxy) is 1. The Hall–Kier alpha value is -2.07. The molecule has 25 heavy (non-hydrogen) atoms. The number of carbonyl (C=O) groups excluding carboxylic acids is 2. The van der Waals surface area contributed by atoms with E-state index in [0.717, 1.165) is 12.0 Å². The number of ketones is 1. The van der Waals surface area contributed by atoms with Crippen LogP contribution in [-0.4, -0.2) is 23.6 Å². The SMILES string of the molecule is CCOC(=O)C[C@@H]1S[C@H](c2ccccc2)C[C@H]1C(=O)c1ccccc1. The first-order chi connectivity index (χ1) is 12.2. The molecule has 1 aliphatic heterocycles. The van der Waals surface area contributed by atoms with Crippen molar-refractivity contribution in [3.8, 4) is 0 Å². The van der Waals surface area contributed by atoms with Gasteiger partial charge in [-0.25, -0.2) is 0 Å². The van der Waals surface area contributed by atoms with Crippen molar-refractivity contribution >= 4 is 23.5 Å². The lowest BCUT2D eigenvalue weighted by Crippen LogP contribution is -2.25. The third-order valence-electron chi connectivity index (χ3n) is 4.50. The summed E-state index contributed by atoms with van der Waals surface area (Å²) in [5.74, 6) is -0.262. The highest BCUT2D eigenvalue weighted by Gasteiger charge is 2.41. The highest BCUT2D eigenvalue weighted by Crippen LogP contribution is 2.50. The second kappa shape index (κ2) is 8.34. The summed E-state index contributed by atoms with van der Waals surface area (Å²) in [6.07, 6.45) is 1.04. The van der Waals surface area contributed by atoms with E-state index in [0.29, 0.717) is 6.61 Å². The maximum atomic E-state index is 13.0. The average Bonchev–Trinajstić information content (AvgIpc) is 3.06. The average molecular weight is 354 g/mol. The molecule has 0 spiro atoms. The topological polar surface area (TPSA) is 43.4 Å². The highest BCUT2D eigenvalue weighted by molar-refractivity contribution is 8.00. The van der Waals surface area contributed by atoms with E-state index < -0.39 is 0 Å². The normalized spacial score (nSPS) is 22.5. The maximum absolute atomic E-state index is 13.0. The van der Waals surface area contributed by atoms with Gasteiger partial charge < -0.3 is 4.74 Å². The predicted octanol–water partition coefficient (Wildman–Crippen LogP) is 4.69. The van der Waals surface area contributed by atoms with Crippen LogP contribution in [0.25, 0.3) is 0 Å². The van der Waals surface area contributed by atoms with E-state index in [1.165, 1.54) is 5.56 Å². The van der Waals surface area contributed by atoms with Crippen molar-refractivity contribution < 1.29 is 14.3 Å². The Morgan fingerprint density at radius 1 is 1.04 bits per heavy atom. The van der Waals surface area contributed by atoms with Gasteiger partial charge in [0.15, 0.2) is 5.78 Å². The van der Waals surface area contributed by atoms with Gasteiger partial charge in [-0.1, -0.05) is 60.7 Å². The van der Waals surface area contributed by atoms with Crippen molar-refractivity contribution in [3.63, 3.8) is 0 Å². The molecule has 3 rings (SSSR count). The fourth-order valence-electron chi connectivity index (χ4n) is 3.29. The third kappa shape index (κ3) is 4.31. The monoisotopic (exact) mass is 354 g/mol. The molecule has 3 nitrogen and oxygen atoms in total. The second-order valence-corrected chi connectivity index (χ2v) is 7.60. The molecular formula is C21H22O3S. The lowest BCUT2D eigenvalue weighted by Gasteiger charge is -2.16. The van der Waals surface area contributed by atoms with E-state index in [-0.39, 0.29) is 34.6 Å². The van der Waals surface area contributed by atoms with E-state index in [9.17, 15) is 9.59 Å². The predicted molar refractivity (Wildman–Crippen MR) is 101 cm³/mol. The number of benzene rings is 2. The smallest absolute Gasteiger partial charge is 0.306 e. The molecule has 130 valence electrons. The van der Waals surface area contributed by atoms with Gasteiger partial charge in [0.1, 0.15) is 0 Å². The van der Waals surface area contributed by atoms with Crippen molar-refractivity contribution in [1.29, 1.82) is 0 Å². The highest BCUT2D eigenvalue weighted by atomic mass is 32.2. The zero-order chi connectivity index (χ0) is 17.6. The summed E-state index contributed by atoms with van der Waals surface area (Å²) in [4.78, 5) is 25.0. The van der Waals surface area contributed by atoms with Gasteiger partial charge in [0.2, 0.25) is 0 Å². The molecule has 0 N–H and O–H groups in total. The second-order valence-electron chi connectivity index (χ2n) is 6.16. The van der Waals surface area contributed by atoms with Gasteiger partial charge in [0, 0.05) is 22.0 Å². The quantitative estimate of drug-likeness (QED) is 0.558. The Kier molecular flexibility index (Phi) is 5.92.